The molecule has 1 aliphatic carbocycles. The van der Waals surface area contributed by atoms with Gasteiger partial charge in [-0.1, -0.05) is 0 Å². The van der Waals surface area contributed by atoms with E-state index in [1.54, 1.807) is 0 Å². The molecule has 1 unspecified atom stereocenters. The van der Waals surface area contributed by atoms with Gasteiger partial charge in [0.1, 0.15) is 0 Å². The maximum absolute atomic E-state index is 12.4. The molecule has 1 heterocycles. The molecule has 2 aliphatic rings. The molecule has 1 aliphatic heterocycles. The van der Waals surface area contributed by atoms with Gasteiger partial charge in [0.25, 0.3) is 0 Å². The second kappa shape index (κ2) is 5.92. The van der Waals surface area contributed by atoms with Crippen LogP contribution in [0.1, 0.15) is 26.2 Å². The minimum Gasteiger partial charge on any atom is -0.480 e. The first-order valence-electron chi connectivity index (χ1n) is 7.07. The number of ether oxygens (including phenoxy) is 1. The number of morpholine rings is 1. The Morgan fingerprint density at radius 2 is 1.86 bits per heavy atom. The highest BCUT2D eigenvalue weighted by Crippen LogP contribution is 2.35. The molecular weight excluding hydrogens is 298 g/mol. The third kappa shape index (κ3) is 3.55. The van der Waals surface area contributed by atoms with E-state index in [0.29, 0.717) is 26.3 Å². The summed E-state index contributed by atoms with van der Waals surface area (Å²) < 4.78 is 27.8. The number of aliphatic carboxylic acids is 1. The Morgan fingerprint density at radius 1 is 1.29 bits per heavy atom. The average molecular weight is 319 g/mol. The van der Waals surface area contributed by atoms with Crippen LogP contribution >= 0.6 is 0 Å². The molecule has 8 heteroatoms. The zero-order valence-electron chi connectivity index (χ0n) is 12.1. The van der Waals surface area contributed by atoms with E-state index in [0.717, 1.165) is 19.8 Å². The van der Waals surface area contributed by atoms with Crippen LogP contribution < -0.4 is 0 Å². The zero-order valence-corrected chi connectivity index (χ0v) is 12.9. The lowest BCUT2D eigenvalue weighted by Crippen LogP contribution is -2.51. The molecule has 1 saturated carbocycles. The molecule has 0 aromatic heterocycles. The largest absolute Gasteiger partial charge is 0.480 e. The molecule has 7 nitrogen and oxygen atoms in total. The second-order valence-corrected chi connectivity index (χ2v) is 8.39. The van der Waals surface area contributed by atoms with Crippen LogP contribution in [0.2, 0.25) is 0 Å². The SMILES string of the molecule is CC(CC(=O)N1CCOCC1)(C(=O)O)S(=O)(=O)CC1CC1. The predicted octanol–water partition coefficient (Wildman–Crippen LogP) is -0.0966. The van der Waals surface area contributed by atoms with Crippen LogP contribution in [0, 0.1) is 5.92 Å². The van der Waals surface area contributed by atoms with Gasteiger partial charge < -0.3 is 14.7 Å². The lowest BCUT2D eigenvalue weighted by Gasteiger charge is -2.31. The molecule has 120 valence electrons. The minimum absolute atomic E-state index is 0.0483. The van der Waals surface area contributed by atoms with Crippen LogP contribution in [-0.4, -0.2) is 67.1 Å². The van der Waals surface area contributed by atoms with Crippen LogP contribution in [0.15, 0.2) is 0 Å². The van der Waals surface area contributed by atoms with Crippen molar-refractivity contribution in [3.05, 3.63) is 0 Å². The number of carbonyl (C=O) groups excluding carboxylic acids is 1. The summed E-state index contributed by atoms with van der Waals surface area (Å²) in [6.07, 6.45) is 1.11. The number of amides is 1. The standard InChI is InChI=1S/C13H21NO6S/c1-13(12(16)17,21(18,19)9-10-2-3-10)8-11(15)14-4-6-20-7-5-14/h10H,2-9H2,1H3,(H,16,17). The van der Waals surface area contributed by atoms with Crippen molar-refractivity contribution in [1.82, 2.24) is 4.90 Å². The fraction of sp³-hybridized carbons (Fsp3) is 0.846. The Bertz CT molecular complexity index is 521. The van der Waals surface area contributed by atoms with Gasteiger partial charge in [-0.3, -0.25) is 9.59 Å². The van der Waals surface area contributed by atoms with E-state index in [-0.39, 0.29) is 11.7 Å². The van der Waals surface area contributed by atoms with Crippen LogP contribution in [0.5, 0.6) is 0 Å². The predicted molar refractivity (Wildman–Crippen MR) is 74.6 cm³/mol. The molecule has 0 bridgehead atoms. The van der Waals surface area contributed by atoms with Crippen LogP contribution in [0.3, 0.4) is 0 Å². The highest BCUT2D eigenvalue weighted by Gasteiger charge is 2.50. The molecule has 2 fully saturated rings. The summed E-state index contributed by atoms with van der Waals surface area (Å²) in [5.74, 6) is -1.99. The lowest BCUT2D eigenvalue weighted by molar-refractivity contribution is -0.145. The van der Waals surface area contributed by atoms with Gasteiger partial charge in [-0.15, -0.1) is 0 Å². The van der Waals surface area contributed by atoms with Crippen molar-refractivity contribution in [2.24, 2.45) is 5.92 Å². The smallest absolute Gasteiger partial charge is 0.325 e. The Balaban J connectivity index is 2.13. The van der Waals surface area contributed by atoms with Crippen LogP contribution in [0.25, 0.3) is 0 Å². The van der Waals surface area contributed by atoms with E-state index < -0.39 is 32.9 Å². The highest BCUT2D eigenvalue weighted by molar-refractivity contribution is 7.93. The van der Waals surface area contributed by atoms with Gasteiger partial charge in [0.2, 0.25) is 5.91 Å². The van der Waals surface area contributed by atoms with Gasteiger partial charge in [-0.05, 0) is 25.7 Å². The quantitative estimate of drug-likeness (QED) is 0.734. The van der Waals surface area contributed by atoms with Crippen molar-refractivity contribution in [3.8, 4) is 0 Å². The van der Waals surface area contributed by atoms with Crippen molar-refractivity contribution in [1.29, 1.82) is 0 Å². The van der Waals surface area contributed by atoms with Gasteiger partial charge in [-0.2, -0.15) is 0 Å². The lowest BCUT2D eigenvalue weighted by atomic mass is 10.1. The Morgan fingerprint density at radius 3 is 2.33 bits per heavy atom. The van der Waals surface area contributed by atoms with Gasteiger partial charge in [0, 0.05) is 13.1 Å². The molecule has 21 heavy (non-hydrogen) atoms. The van der Waals surface area contributed by atoms with Crippen molar-refractivity contribution in [2.45, 2.75) is 30.9 Å². The number of hydrogen-bond acceptors (Lipinski definition) is 5. The molecule has 0 radical (unpaired) electrons. The molecule has 1 amide bonds. The first-order chi connectivity index (χ1) is 9.76. The molecule has 0 spiro atoms. The first kappa shape index (κ1) is 16.2. The van der Waals surface area contributed by atoms with Crippen molar-refractivity contribution in [2.75, 3.05) is 32.1 Å². The van der Waals surface area contributed by atoms with Crippen molar-refractivity contribution < 1.29 is 27.9 Å². The summed E-state index contributed by atoms with van der Waals surface area (Å²) in [5.41, 5.74) is 0. The summed E-state index contributed by atoms with van der Waals surface area (Å²) in [6.45, 7) is 2.68. The normalized spacial score (nSPS) is 22.6. The van der Waals surface area contributed by atoms with Crippen molar-refractivity contribution in [3.63, 3.8) is 0 Å². The van der Waals surface area contributed by atoms with Crippen LogP contribution in [-0.2, 0) is 24.2 Å². The molecule has 1 N–H and O–H groups in total. The van der Waals surface area contributed by atoms with E-state index >= 15 is 0 Å². The van der Waals surface area contributed by atoms with E-state index in [1.807, 2.05) is 0 Å². The van der Waals surface area contributed by atoms with Gasteiger partial charge in [0.05, 0.1) is 25.4 Å². The Kier molecular flexibility index (Phi) is 4.57. The average Bonchev–Trinajstić information content (AvgIpc) is 3.22. The Hall–Kier alpha value is -1.15. The number of carboxylic acid groups (broad SMARTS) is 1. The molecule has 1 atom stereocenters. The summed E-state index contributed by atoms with van der Waals surface area (Å²) in [6, 6.07) is 0. The number of hydrogen-bond donors (Lipinski definition) is 1. The zero-order chi connectivity index (χ0) is 15.7. The van der Waals surface area contributed by atoms with Gasteiger partial charge >= 0.3 is 5.97 Å². The summed E-state index contributed by atoms with van der Waals surface area (Å²) in [4.78, 5) is 25.2. The van der Waals surface area contributed by atoms with E-state index in [4.69, 9.17) is 4.74 Å². The van der Waals surface area contributed by atoms with E-state index in [9.17, 15) is 23.1 Å². The minimum atomic E-state index is -3.87. The number of rotatable bonds is 6. The summed E-state index contributed by atoms with van der Waals surface area (Å²) in [5, 5.41) is 9.37. The maximum atomic E-state index is 12.4. The number of sulfone groups is 1. The van der Waals surface area contributed by atoms with Crippen LogP contribution in [0.4, 0.5) is 0 Å². The third-order valence-corrected chi connectivity index (χ3v) is 6.75. The molecule has 0 aromatic rings. The Labute approximate surface area is 124 Å². The number of carbonyl (C=O) groups is 2. The van der Waals surface area contributed by atoms with Gasteiger partial charge in [-0.25, -0.2) is 8.42 Å². The third-order valence-electron chi connectivity index (χ3n) is 4.14. The highest BCUT2D eigenvalue weighted by atomic mass is 32.2. The van der Waals surface area contributed by atoms with E-state index in [1.165, 1.54) is 4.90 Å². The molecule has 1 saturated heterocycles. The fourth-order valence-electron chi connectivity index (χ4n) is 2.31. The molecule has 2 rings (SSSR count). The monoisotopic (exact) mass is 319 g/mol. The maximum Gasteiger partial charge on any atom is 0.325 e. The number of nitrogens with zero attached hydrogens (tertiary/aromatic N) is 1. The summed E-state index contributed by atoms with van der Waals surface area (Å²) >= 11 is 0. The van der Waals surface area contributed by atoms with Crippen molar-refractivity contribution >= 4 is 21.7 Å². The molecule has 0 aromatic carbocycles. The summed E-state index contributed by atoms with van der Waals surface area (Å²) in [7, 11) is -3.87. The fourth-order valence-corrected chi connectivity index (χ4v) is 4.24. The second-order valence-electron chi connectivity index (χ2n) is 5.93. The first-order valence-corrected chi connectivity index (χ1v) is 8.73. The topological polar surface area (TPSA) is 101 Å². The molecular formula is C13H21NO6S. The van der Waals surface area contributed by atoms with Gasteiger partial charge in [0.15, 0.2) is 14.6 Å². The van der Waals surface area contributed by atoms with E-state index in [2.05, 4.69) is 0 Å². The number of carboxylic acids is 1.